The molecule has 4 nitrogen and oxygen atoms in total. The summed E-state index contributed by atoms with van der Waals surface area (Å²) in [5, 5.41) is 6.63. The van der Waals surface area contributed by atoms with Crippen LogP contribution in [0.3, 0.4) is 0 Å². The Morgan fingerprint density at radius 2 is 1.87 bits per heavy atom. The van der Waals surface area contributed by atoms with E-state index in [-0.39, 0.29) is 0 Å². The van der Waals surface area contributed by atoms with Gasteiger partial charge < -0.3 is 0 Å². The molecule has 0 N–H and O–H groups in total. The van der Waals surface area contributed by atoms with Crippen molar-refractivity contribution in [2.45, 2.75) is 20.8 Å². The largest absolute Gasteiger partial charge is 0.265 e. The van der Waals surface area contributed by atoms with Crippen molar-refractivity contribution < 1.29 is 0 Å². The molecule has 0 aliphatic heterocycles. The zero-order valence-electron chi connectivity index (χ0n) is 13.4. The minimum Gasteiger partial charge on any atom is -0.265 e. The van der Waals surface area contributed by atoms with E-state index in [2.05, 4.69) is 47.5 Å². The topological polar surface area (TPSA) is 42.5 Å². The first-order valence-corrected chi connectivity index (χ1v) is 8.25. The third-order valence-electron chi connectivity index (χ3n) is 3.46. The van der Waals surface area contributed by atoms with E-state index >= 15 is 0 Å². The van der Waals surface area contributed by atoms with E-state index in [0.717, 1.165) is 27.3 Å². The molecule has 0 radical (unpaired) electrons. The molecule has 116 valence electrons. The van der Waals surface area contributed by atoms with Crippen LogP contribution in [0, 0.1) is 20.8 Å². The van der Waals surface area contributed by atoms with Gasteiger partial charge in [-0.3, -0.25) is 4.98 Å². The Labute approximate surface area is 139 Å². The molecule has 0 atom stereocenters. The highest BCUT2D eigenvalue weighted by atomic mass is 32.1. The van der Waals surface area contributed by atoms with Crippen molar-refractivity contribution in [3.05, 3.63) is 75.3 Å². The highest BCUT2D eigenvalue weighted by molar-refractivity contribution is 7.07. The van der Waals surface area contributed by atoms with Gasteiger partial charge in [0.15, 0.2) is 0 Å². The van der Waals surface area contributed by atoms with Gasteiger partial charge in [0, 0.05) is 17.8 Å². The molecule has 5 heteroatoms. The van der Waals surface area contributed by atoms with Crippen LogP contribution in [0.1, 0.15) is 22.4 Å². The third-order valence-corrected chi connectivity index (χ3v) is 4.39. The third kappa shape index (κ3) is 3.63. The molecule has 3 rings (SSSR count). The quantitative estimate of drug-likeness (QED) is 0.672. The molecule has 3 aromatic rings. The Hall–Kier alpha value is -2.53. The smallest absolute Gasteiger partial charge is 0.211 e. The number of hydrogen-bond donors (Lipinski definition) is 0. The van der Waals surface area contributed by atoms with Gasteiger partial charge in [-0.1, -0.05) is 12.1 Å². The van der Waals surface area contributed by atoms with Gasteiger partial charge in [-0.25, -0.2) is 9.67 Å². The number of aromatic nitrogens is 2. The lowest BCUT2D eigenvalue weighted by atomic mass is 10.1. The van der Waals surface area contributed by atoms with E-state index in [9.17, 15) is 0 Å². The van der Waals surface area contributed by atoms with Crippen molar-refractivity contribution in [1.82, 2.24) is 9.66 Å². The summed E-state index contributed by atoms with van der Waals surface area (Å²) < 4.78 is 1.87. The second-order valence-electron chi connectivity index (χ2n) is 5.40. The van der Waals surface area contributed by atoms with Crippen LogP contribution < -0.4 is 4.80 Å². The Balaban J connectivity index is 2.03. The van der Waals surface area contributed by atoms with Crippen LogP contribution in [-0.2, 0) is 0 Å². The van der Waals surface area contributed by atoms with E-state index in [1.165, 1.54) is 5.56 Å². The summed E-state index contributed by atoms with van der Waals surface area (Å²) in [6.45, 7) is 6.18. The zero-order valence-corrected chi connectivity index (χ0v) is 14.2. The molecule has 0 unspecified atom stereocenters. The standard InChI is InChI=1S/C18H18N4S/c1-13-4-5-14(2)17(10-13)21-18-22(15(3)12-23-18)20-11-16-6-8-19-9-7-16/h4-12H,1-3H3. The lowest BCUT2D eigenvalue weighted by Gasteiger charge is -2.02. The predicted octanol–water partition coefficient (Wildman–Crippen LogP) is 3.98. The van der Waals surface area contributed by atoms with Crippen molar-refractivity contribution in [2.24, 2.45) is 10.1 Å². The van der Waals surface area contributed by atoms with Gasteiger partial charge in [0.25, 0.3) is 0 Å². The van der Waals surface area contributed by atoms with E-state index in [1.807, 2.05) is 29.9 Å². The fourth-order valence-corrected chi connectivity index (χ4v) is 2.94. The molecule has 0 saturated heterocycles. The number of thiazole rings is 1. The van der Waals surface area contributed by atoms with Crippen LogP contribution in [0.5, 0.6) is 0 Å². The average Bonchev–Trinajstić information content (AvgIpc) is 2.90. The monoisotopic (exact) mass is 322 g/mol. The molecule has 0 spiro atoms. The molecule has 0 aliphatic carbocycles. The molecule has 0 saturated carbocycles. The number of pyridine rings is 1. The molecule has 23 heavy (non-hydrogen) atoms. The van der Waals surface area contributed by atoms with Crippen molar-refractivity contribution in [3.63, 3.8) is 0 Å². The summed E-state index contributed by atoms with van der Waals surface area (Å²) in [6.07, 6.45) is 5.34. The van der Waals surface area contributed by atoms with Crippen LogP contribution in [0.2, 0.25) is 0 Å². The Bertz CT molecular complexity index is 904. The van der Waals surface area contributed by atoms with E-state index in [0.29, 0.717) is 0 Å². The second-order valence-corrected chi connectivity index (χ2v) is 6.23. The number of nitrogens with zero attached hydrogens (tertiary/aromatic N) is 4. The first-order chi connectivity index (χ1) is 11.1. The van der Waals surface area contributed by atoms with Crippen LogP contribution in [0.25, 0.3) is 0 Å². The minimum absolute atomic E-state index is 0.863. The lowest BCUT2D eigenvalue weighted by molar-refractivity contribution is 0.809. The molecular formula is C18H18N4S. The molecular weight excluding hydrogens is 304 g/mol. The van der Waals surface area contributed by atoms with Gasteiger partial charge >= 0.3 is 0 Å². The summed E-state index contributed by atoms with van der Waals surface area (Å²) in [7, 11) is 0. The van der Waals surface area contributed by atoms with Crippen LogP contribution in [-0.4, -0.2) is 15.9 Å². The molecule has 0 amide bonds. The average molecular weight is 322 g/mol. The van der Waals surface area contributed by atoms with Crippen molar-refractivity contribution in [3.8, 4) is 0 Å². The Morgan fingerprint density at radius 3 is 2.65 bits per heavy atom. The van der Waals surface area contributed by atoms with Crippen LogP contribution in [0.15, 0.2) is 58.2 Å². The van der Waals surface area contributed by atoms with Gasteiger partial charge in [0.05, 0.1) is 17.6 Å². The minimum atomic E-state index is 0.863. The van der Waals surface area contributed by atoms with Crippen LogP contribution >= 0.6 is 11.3 Å². The van der Waals surface area contributed by atoms with E-state index < -0.39 is 0 Å². The zero-order chi connectivity index (χ0) is 16.2. The SMILES string of the molecule is Cc1ccc(C)c(N=c2scc(C)n2N=Cc2ccncc2)c1. The van der Waals surface area contributed by atoms with Gasteiger partial charge in [-0.05, 0) is 55.7 Å². The number of hydrogen-bond acceptors (Lipinski definition) is 4. The van der Waals surface area contributed by atoms with Crippen molar-refractivity contribution in [2.75, 3.05) is 0 Å². The molecule has 1 aromatic carbocycles. The maximum absolute atomic E-state index is 4.79. The van der Waals surface area contributed by atoms with Crippen molar-refractivity contribution >= 4 is 23.2 Å². The first-order valence-electron chi connectivity index (χ1n) is 7.37. The second kappa shape index (κ2) is 6.71. The maximum atomic E-state index is 4.79. The normalized spacial score (nSPS) is 12.2. The molecule has 2 aromatic heterocycles. The van der Waals surface area contributed by atoms with E-state index in [4.69, 9.17) is 4.99 Å². The number of aryl methyl sites for hydroxylation is 3. The van der Waals surface area contributed by atoms with Crippen LogP contribution in [0.4, 0.5) is 5.69 Å². The predicted molar refractivity (Wildman–Crippen MR) is 95.4 cm³/mol. The fraction of sp³-hybridized carbons (Fsp3) is 0.167. The summed E-state index contributed by atoms with van der Waals surface area (Å²) >= 11 is 1.59. The number of rotatable bonds is 3. The summed E-state index contributed by atoms with van der Waals surface area (Å²) in [5.41, 5.74) is 5.42. The van der Waals surface area contributed by atoms with Gasteiger partial charge in [0.1, 0.15) is 0 Å². The summed E-state index contributed by atoms with van der Waals surface area (Å²) in [4.78, 5) is 9.67. The maximum Gasteiger partial charge on any atom is 0.211 e. The van der Waals surface area contributed by atoms with Gasteiger partial charge in [-0.15, -0.1) is 11.3 Å². The van der Waals surface area contributed by atoms with Gasteiger partial charge in [0.2, 0.25) is 4.80 Å². The van der Waals surface area contributed by atoms with Crippen molar-refractivity contribution in [1.29, 1.82) is 0 Å². The molecule has 0 fully saturated rings. The van der Waals surface area contributed by atoms with Gasteiger partial charge in [-0.2, -0.15) is 5.10 Å². The Kier molecular flexibility index (Phi) is 4.48. The fourth-order valence-electron chi connectivity index (χ4n) is 2.12. The first kappa shape index (κ1) is 15.4. The number of benzene rings is 1. The summed E-state index contributed by atoms with van der Waals surface area (Å²) in [6, 6.07) is 10.1. The summed E-state index contributed by atoms with van der Waals surface area (Å²) in [5.74, 6) is 0. The lowest BCUT2D eigenvalue weighted by Crippen LogP contribution is -2.11. The molecule has 0 bridgehead atoms. The molecule has 2 heterocycles. The highest BCUT2D eigenvalue weighted by Crippen LogP contribution is 2.19. The highest BCUT2D eigenvalue weighted by Gasteiger charge is 2.02. The van der Waals surface area contributed by atoms with E-state index in [1.54, 1.807) is 23.7 Å². The molecule has 0 aliphatic rings. The Morgan fingerprint density at radius 1 is 1.09 bits per heavy atom.